The summed E-state index contributed by atoms with van der Waals surface area (Å²) < 4.78 is 5.27. The quantitative estimate of drug-likeness (QED) is 0.814. The van der Waals surface area contributed by atoms with E-state index in [2.05, 4.69) is 20.7 Å². The summed E-state index contributed by atoms with van der Waals surface area (Å²) in [7, 11) is 0. The Morgan fingerprint density at radius 1 is 1.50 bits per heavy atom. The van der Waals surface area contributed by atoms with Crippen LogP contribution >= 0.6 is 0 Å². The minimum absolute atomic E-state index is 0.150. The number of hydrogen-bond donors (Lipinski definition) is 2. The highest BCUT2D eigenvalue weighted by molar-refractivity contribution is 5.92. The third-order valence-electron chi connectivity index (χ3n) is 2.63. The molecule has 0 saturated carbocycles. The summed E-state index contributed by atoms with van der Waals surface area (Å²) in [6, 6.07) is 3.60. The first kappa shape index (κ1) is 12.8. The molecule has 0 atom stereocenters. The predicted octanol–water partition coefficient (Wildman–Crippen LogP) is 0.490. The Hall–Kier alpha value is -1.66. The number of nitrogens with zero attached hydrogens (tertiary/aromatic N) is 2. The van der Waals surface area contributed by atoms with Gasteiger partial charge in [-0.05, 0) is 19.1 Å². The Kier molecular flexibility index (Phi) is 4.49. The summed E-state index contributed by atoms with van der Waals surface area (Å²) in [6.07, 6.45) is 1.63. The van der Waals surface area contributed by atoms with E-state index in [-0.39, 0.29) is 5.91 Å². The third kappa shape index (κ3) is 3.41. The largest absolute Gasteiger partial charge is 0.379 e. The van der Waals surface area contributed by atoms with Gasteiger partial charge in [0.2, 0.25) is 0 Å². The van der Waals surface area contributed by atoms with Crippen LogP contribution in [0.15, 0.2) is 18.3 Å². The summed E-state index contributed by atoms with van der Waals surface area (Å²) in [5.74, 6) is -0.150. The van der Waals surface area contributed by atoms with Crippen LogP contribution in [0.2, 0.25) is 0 Å². The molecular weight excluding hydrogens is 232 g/mol. The van der Waals surface area contributed by atoms with Crippen molar-refractivity contribution in [3.63, 3.8) is 0 Å². The van der Waals surface area contributed by atoms with E-state index in [9.17, 15) is 4.79 Å². The average molecular weight is 250 g/mol. The molecule has 1 aliphatic heterocycles. The van der Waals surface area contributed by atoms with Gasteiger partial charge in [0, 0.05) is 25.8 Å². The van der Waals surface area contributed by atoms with Crippen molar-refractivity contribution < 1.29 is 9.53 Å². The Bertz CT molecular complexity index is 405. The summed E-state index contributed by atoms with van der Waals surface area (Å²) in [5, 5.41) is 4.80. The Morgan fingerprint density at radius 3 is 3.00 bits per heavy atom. The maximum absolute atomic E-state index is 11.7. The lowest BCUT2D eigenvalue weighted by atomic mass is 10.3. The lowest BCUT2D eigenvalue weighted by molar-refractivity contribution is 0.0497. The van der Waals surface area contributed by atoms with Crippen LogP contribution < -0.4 is 10.7 Å². The van der Waals surface area contributed by atoms with Crippen molar-refractivity contribution in [3.8, 4) is 0 Å². The van der Waals surface area contributed by atoms with Crippen molar-refractivity contribution in [3.05, 3.63) is 24.0 Å². The van der Waals surface area contributed by atoms with Crippen molar-refractivity contribution >= 4 is 11.6 Å². The van der Waals surface area contributed by atoms with E-state index < -0.39 is 0 Å². The van der Waals surface area contributed by atoms with Crippen LogP contribution in [0.3, 0.4) is 0 Å². The maximum atomic E-state index is 11.7. The molecule has 0 radical (unpaired) electrons. The van der Waals surface area contributed by atoms with Gasteiger partial charge >= 0.3 is 0 Å². The molecule has 1 aromatic rings. The van der Waals surface area contributed by atoms with Gasteiger partial charge in [-0.2, -0.15) is 0 Å². The SMILES string of the molecule is CCNC(=O)c1cc(NN2CCOCC2)ccn1. The van der Waals surface area contributed by atoms with E-state index in [0.717, 1.165) is 32.0 Å². The van der Waals surface area contributed by atoms with Crippen LogP contribution in [0.5, 0.6) is 0 Å². The topological polar surface area (TPSA) is 66.5 Å². The van der Waals surface area contributed by atoms with Crippen LogP contribution in [0.25, 0.3) is 0 Å². The first-order valence-corrected chi connectivity index (χ1v) is 6.13. The van der Waals surface area contributed by atoms with Gasteiger partial charge in [0.1, 0.15) is 5.69 Å². The summed E-state index contributed by atoms with van der Waals surface area (Å²) in [4.78, 5) is 15.7. The Balaban J connectivity index is 2.00. The number of hydrazine groups is 1. The molecule has 1 aliphatic rings. The van der Waals surface area contributed by atoms with Crippen molar-refractivity contribution in [1.82, 2.24) is 15.3 Å². The minimum atomic E-state index is -0.150. The molecule has 0 aliphatic carbocycles. The van der Waals surface area contributed by atoms with Crippen LogP contribution in [0.1, 0.15) is 17.4 Å². The number of nitrogens with one attached hydrogen (secondary N) is 2. The Labute approximate surface area is 106 Å². The number of anilines is 1. The molecule has 0 unspecified atom stereocenters. The number of pyridine rings is 1. The second-order valence-electron chi connectivity index (χ2n) is 4.00. The van der Waals surface area contributed by atoms with Crippen LogP contribution in [0, 0.1) is 0 Å². The highest BCUT2D eigenvalue weighted by atomic mass is 16.5. The fraction of sp³-hybridized carbons (Fsp3) is 0.500. The van der Waals surface area contributed by atoms with Gasteiger partial charge in [-0.15, -0.1) is 0 Å². The van der Waals surface area contributed by atoms with Crippen molar-refractivity contribution in [2.24, 2.45) is 0 Å². The fourth-order valence-electron chi connectivity index (χ4n) is 1.73. The number of carbonyl (C=O) groups is 1. The van der Waals surface area contributed by atoms with E-state index in [4.69, 9.17) is 4.74 Å². The molecule has 1 aromatic heterocycles. The number of morpholine rings is 1. The van der Waals surface area contributed by atoms with Crippen LogP contribution in [0.4, 0.5) is 5.69 Å². The lowest BCUT2D eigenvalue weighted by Gasteiger charge is -2.27. The molecule has 18 heavy (non-hydrogen) atoms. The zero-order valence-electron chi connectivity index (χ0n) is 10.5. The molecule has 1 fully saturated rings. The number of ether oxygens (including phenoxy) is 1. The standard InChI is InChI=1S/C12H18N4O2/c1-2-13-12(17)11-9-10(3-4-14-11)15-16-5-7-18-8-6-16/h3-4,9H,2,5-8H2,1H3,(H,13,17)(H,14,15). The molecule has 0 spiro atoms. The smallest absolute Gasteiger partial charge is 0.269 e. The van der Waals surface area contributed by atoms with Crippen LogP contribution in [-0.2, 0) is 4.74 Å². The number of amides is 1. The van der Waals surface area contributed by atoms with E-state index in [1.54, 1.807) is 12.3 Å². The second-order valence-corrected chi connectivity index (χ2v) is 4.00. The van der Waals surface area contributed by atoms with E-state index >= 15 is 0 Å². The minimum Gasteiger partial charge on any atom is -0.379 e. The molecule has 2 rings (SSSR count). The number of rotatable bonds is 4. The van der Waals surface area contributed by atoms with E-state index in [1.807, 2.05) is 13.0 Å². The molecule has 98 valence electrons. The van der Waals surface area contributed by atoms with Gasteiger partial charge in [0.25, 0.3) is 5.91 Å². The number of hydrogen-bond acceptors (Lipinski definition) is 5. The summed E-state index contributed by atoms with van der Waals surface area (Å²) in [5.41, 5.74) is 4.55. The molecule has 0 bridgehead atoms. The van der Waals surface area contributed by atoms with Gasteiger partial charge < -0.3 is 15.5 Å². The first-order chi connectivity index (χ1) is 8.79. The van der Waals surface area contributed by atoms with Crippen molar-refractivity contribution in [2.45, 2.75) is 6.92 Å². The molecule has 2 N–H and O–H groups in total. The molecule has 2 heterocycles. The third-order valence-corrected chi connectivity index (χ3v) is 2.63. The number of carbonyl (C=O) groups excluding carboxylic acids is 1. The van der Waals surface area contributed by atoms with Gasteiger partial charge in [0.15, 0.2) is 0 Å². The fourth-order valence-corrected chi connectivity index (χ4v) is 1.73. The average Bonchev–Trinajstić information content (AvgIpc) is 2.40. The zero-order valence-corrected chi connectivity index (χ0v) is 10.5. The molecule has 6 heteroatoms. The molecular formula is C12H18N4O2. The molecule has 1 amide bonds. The maximum Gasteiger partial charge on any atom is 0.269 e. The lowest BCUT2D eigenvalue weighted by Crippen LogP contribution is -2.40. The Morgan fingerprint density at radius 2 is 2.28 bits per heavy atom. The van der Waals surface area contributed by atoms with Gasteiger partial charge in [-0.3, -0.25) is 9.78 Å². The van der Waals surface area contributed by atoms with Crippen molar-refractivity contribution in [1.29, 1.82) is 0 Å². The number of aromatic nitrogens is 1. The highest BCUT2D eigenvalue weighted by Crippen LogP contribution is 2.10. The molecule has 6 nitrogen and oxygen atoms in total. The first-order valence-electron chi connectivity index (χ1n) is 6.13. The highest BCUT2D eigenvalue weighted by Gasteiger charge is 2.11. The normalized spacial score (nSPS) is 16.3. The summed E-state index contributed by atoms with van der Waals surface area (Å²) in [6.45, 7) is 5.59. The van der Waals surface area contributed by atoms with Crippen molar-refractivity contribution in [2.75, 3.05) is 38.3 Å². The summed E-state index contributed by atoms with van der Waals surface area (Å²) >= 11 is 0. The zero-order chi connectivity index (χ0) is 12.8. The molecule has 0 aromatic carbocycles. The van der Waals surface area contributed by atoms with Gasteiger partial charge in [0.05, 0.1) is 18.9 Å². The van der Waals surface area contributed by atoms with E-state index in [0.29, 0.717) is 12.2 Å². The van der Waals surface area contributed by atoms with Gasteiger partial charge in [-0.25, -0.2) is 5.01 Å². The van der Waals surface area contributed by atoms with Crippen LogP contribution in [-0.4, -0.2) is 48.7 Å². The second kappa shape index (κ2) is 6.32. The van der Waals surface area contributed by atoms with Gasteiger partial charge in [-0.1, -0.05) is 0 Å². The predicted molar refractivity (Wildman–Crippen MR) is 68.3 cm³/mol. The van der Waals surface area contributed by atoms with E-state index in [1.165, 1.54) is 0 Å². The monoisotopic (exact) mass is 250 g/mol. The molecule has 1 saturated heterocycles.